The van der Waals surface area contributed by atoms with Gasteiger partial charge in [-0.15, -0.1) is 0 Å². The van der Waals surface area contributed by atoms with Gasteiger partial charge in [0.1, 0.15) is 73.9 Å². The lowest BCUT2D eigenvalue weighted by atomic mass is 9.93. The van der Waals surface area contributed by atoms with Gasteiger partial charge in [0.2, 0.25) is 17.5 Å². The van der Waals surface area contributed by atoms with Gasteiger partial charge in [0.25, 0.3) is 16.7 Å². The van der Waals surface area contributed by atoms with E-state index in [-0.39, 0.29) is 17.2 Å². The number of carbonyl (C=O) groups excluding carboxylic acids is 3. The van der Waals surface area contributed by atoms with Crippen molar-refractivity contribution in [2.45, 2.75) is 192 Å². The molecule has 45 heteroatoms. The fourth-order valence-corrected chi connectivity index (χ4v) is 18.4. The molecule has 0 saturated carbocycles. The Morgan fingerprint density at radius 1 is 0.410 bits per heavy atom. The van der Waals surface area contributed by atoms with E-state index in [2.05, 4.69) is 0 Å². The van der Waals surface area contributed by atoms with Crippen molar-refractivity contribution in [3.8, 4) is 17.2 Å². The van der Waals surface area contributed by atoms with Gasteiger partial charge in [-0.25, -0.2) is 41.3 Å². The van der Waals surface area contributed by atoms with Crippen molar-refractivity contribution in [1.29, 1.82) is 0 Å². The first-order valence-corrected chi connectivity index (χ1v) is 41.4. The van der Waals surface area contributed by atoms with Crippen molar-refractivity contribution in [3.63, 3.8) is 0 Å². The predicted molar refractivity (Wildman–Crippen MR) is 398 cm³/mol. The van der Waals surface area contributed by atoms with Crippen LogP contribution in [-0.2, 0) is 70.1 Å². The summed E-state index contributed by atoms with van der Waals surface area (Å²) in [5.41, 5.74) is -16.1. The molecule has 0 spiro atoms. The fraction of sp³-hybridized carbons (Fsp3) is 0.542. The molecular weight excluding hydrogens is 1640 g/mol. The second kappa shape index (κ2) is 39.9. The summed E-state index contributed by atoms with van der Waals surface area (Å²) in [4.78, 5) is 113. The topological polar surface area (TPSA) is 499 Å². The Kier molecular flexibility index (Phi) is 32.6. The number of hydrogen-bond acceptors (Lipinski definition) is 30. The lowest BCUT2D eigenvalue weighted by Gasteiger charge is -2.30. The van der Waals surface area contributed by atoms with Gasteiger partial charge in [-0.1, -0.05) is 75.4 Å². The second-order valence-electron chi connectivity index (χ2n) is 28.7. The third kappa shape index (κ3) is 23.4. The Labute approximate surface area is 662 Å². The fourth-order valence-electron chi connectivity index (χ4n) is 12.1. The van der Waals surface area contributed by atoms with Crippen molar-refractivity contribution in [1.82, 2.24) is 28.7 Å². The number of rotatable bonds is 33. The number of para-hydroxylation sites is 3. The maximum Gasteiger partial charge on any atom is 0.380 e. The minimum Gasteiger partial charge on any atom is -0.463 e. The number of nitrogens with zero attached hydrogens (tertiary/aromatic N) is 3. The molecule has 0 bridgehead atoms. The van der Waals surface area contributed by atoms with Gasteiger partial charge in [0, 0.05) is 0 Å². The third-order valence-corrected chi connectivity index (χ3v) is 24.3. The molecule has 0 radical (unpaired) electrons. The molecule has 6 aromatic rings. The van der Waals surface area contributed by atoms with Crippen LogP contribution in [0.15, 0.2) is 138 Å². The molecule has 3 aromatic heterocycles. The molecule has 3 aliphatic rings. The highest BCUT2D eigenvalue weighted by molar-refractivity contribution is 7.55. The molecule has 0 amide bonds. The number of aliphatic hydroxyl groups is 6. The van der Waals surface area contributed by atoms with E-state index in [0.717, 1.165) is 0 Å². The summed E-state index contributed by atoms with van der Waals surface area (Å²) in [6, 6.07) is 23.7. The molecular formula is C72H93F6N6O30P3. The molecule has 21 atom stereocenters. The molecule has 3 fully saturated rings. The van der Waals surface area contributed by atoms with Crippen LogP contribution in [0.4, 0.5) is 26.3 Å². The highest BCUT2D eigenvalue weighted by atomic mass is 31.2. The van der Waals surface area contributed by atoms with Gasteiger partial charge < -0.3 is 72.6 Å². The van der Waals surface area contributed by atoms with E-state index in [4.69, 9.17) is 55.6 Å². The van der Waals surface area contributed by atoms with Crippen molar-refractivity contribution in [2.24, 2.45) is 17.8 Å². The van der Waals surface area contributed by atoms with Crippen LogP contribution in [0.3, 0.4) is 0 Å². The molecule has 9 rings (SSSR count). The standard InChI is InChI=1S/3C24H31F2N2O10P/c3*1-13(2)35-21(31)14(3)11-39(34,38-16-8-6-5-7-9-16)37-15(4)18-19(29)24(33,12-25)22(36-18)28-10-17(26)20(30)27-23(28)32/h3*5-10,13-15,18-19,22,29,33H,11-12H2,1-4H3,(H,27,30,32)/t14-,15+,18-,19+,22-,24?,39?;14-,15+,18-,19+,22-,24?,39+;14-,15+,18-,19+,22-,24?,39-/m111/s1. The third-order valence-electron chi connectivity index (χ3n) is 17.9. The molecule has 9 N–H and O–H groups in total. The van der Waals surface area contributed by atoms with E-state index >= 15 is 0 Å². The number of alkyl halides is 3. The van der Waals surface area contributed by atoms with Gasteiger partial charge in [0.15, 0.2) is 35.5 Å². The molecule has 6 heterocycles. The average Bonchev–Trinajstić information content (AvgIpc) is 1.61. The number of halogens is 6. The molecule has 0 aliphatic carbocycles. The summed E-state index contributed by atoms with van der Waals surface area (Å²) in [6.07, 6.45) is -22.7. The van der Waals surface area contributed by atoms with Crippen LogP contribution in [0.5, 0.6) is 17.2 Å². The highest BCUT2D eigenvalue weighted by Crippen LogP contribution is 2.56. The number of nitrogens with one attached hydrogen (secondary N) is 3. The first kappa shape index (κ1) is 95.4. The molecule has 36 nitrogen and oxygen atoms in total. The Morgan fingerprint density at radius 2 is 0.624 bits per heavy atom. The normalized spacial score (nSPS) is 26.1. The van der Waals surface area contributed by atoms with Crippen LogP contribution >= 0.6 is 22.8 Å². The van der Waals surface area contributed by atoms with Crippen LogP contribution in [0, 0.1) is 35.2 Å². The van der Waals surface area contributed by atoms with Crippen LogP contribution < -0.4 is 47.3 Å². The van der Waals surface area contributed by atoms with Crippen LogP contribution in [0.2, 0.25) is 0 Å². The molecule has 117 heavy (non-hydrogen) atoms. The van der Waals surface area contributed by atoms with Crippen molar-refractivity contribution < 1.29 is 141 Å². The quantitative estimate of drug-likeness (QED) is 0.0103. The number of benzene rings is 3. The second-order valence-corrected chi connectivity index (χ2v) is 34.6. The van der Waals surface area contributed by atoms with Gasteiger partial charge in [0.05, 0.1) is 91.5 Å². The number of hydrogen-bond donors (Lipinski definition) is 9. The van der Waals surface area contributed by atoms with E-state index in [0.29, 0.717) is 32.3 Å². The lowest BCUT2D eigenvalue weighted by molar-refractivity contribution is -0.152. The lowest BCUT2D eigenvalue weighted by Crippen LogP contribution is -2.52. The number of aliphatic hydroxyl groups excluding tert-OH is 3. The Bertz CT molecular complexity index is 4440. The maximum absolute atomic E-state index is 14.1. The Hall–Kier alpha value is -8.70. The number of H-pyrrole nitrogens is 3. The summed E-state index contributed by atoms with van der Waals surface area (Å²) in [7, 11) is -12.7. The molecule has 4 unspecified atom stereocenters. The average molecular weight is 1730 g/mol. The zero-order valence-corrected chi connectivity index (χ0v) is 67.6. The van der Waals surface area contributed by atoms with E-state index in [1.807, 2.05) is 0 Å². The summed E-state index contributed by atoms with van der Waals surface area (Å²) in [6.45, 7) is 13.1. The summed E-state index contributed by atoms with van der Waals surface area (Å²) < 4.78 is 193. The first-order chi connectivity index (χ1) is 54.6. The van der Waals surface area contributed by atoms with Crippen LogP contribution in [0.25, 0.3) is 0 Å². The van der Waals surface area contributed by atoms with Crippen LogP contribution in [-0.4, -0.2) is 206 Å². The Morgan fingerprint density at radius 3 is 0.821 bits per heavy atom. The van der Waals surface area contributed by atoms with E-state index < -0.39 is 257 Å². The SMILES string of the molecule is CC(C)OC(=O)[C@H](C)CP(=O)(Oc1ccccc1)O[C@@H](C)[C@H]1O[C@@H](n2cc(F)c(=O)[nH]c2=O)C(O)(CF)[C@H]1O.CC(C)OC(=O)[C@H](C)C[P@@](=O)(Oc1ccccc1)O[C@@H](C)[C@H]1O[C@@H](n2cc(F)c(=O)[nH]c2=O)C(O)(CF)[C@H]1O.CC(C)OC(=O)[C@H](C)C[P@](=O)(Oc1ccccc1)O[C@@H](C)[C@H]1O[C@@H](n2cc(F)c(=O)[nH]c2=O)C(O)(CF)[C@H]1O. The number of carbonyl (C=O) groups is 3. The van der Waals surface area contributed by atoms with Crippen molar-refractivity contribution in [3.05, 3.63) is 190 Å². The van der Waals surface area contributed by atoms with E-state index in [9.17, 15) is 114 Å². The number of esters is 3. The van der Waals surface area contributed by atoms with E-state index in [1.54, 1.807) is 111 Å². The van der Waals surface area contributed by atoms with Crippen LogP contribution in [0.1, 0.15) is 102 Å². The monoisotopic (exact) mass is 1730 g/mol. The summed E-state index contributed by atoms with van der Waals surface area (Å²) in [5.74, 6) is -8.73. The number of aromatic amines is 3. The summed E-state index contributed by atoms with van der Waals surface area (Å²) in [5, 5.41) is 65.0. The predicted octanol–water partition coefficient (Wildman–Crippen LogP) is 5.70. The highest BCUT2D eigenvalue weighted by Gasteiger charge is 2.62. The first-order valence-electron chi connectivity index (χ1n) is 36.2. The molecule has 3 saturated heterocycles. The summed E-state index contributed by atoms with van der Waals surface area (Å²) >= 11 is 0. The zero-order chi connectivity index (χ0) is 87.4. The van der Waals surface area contributed by atoms with Crippen molar-refractivity contribution in [2.75, 3.05) is 38.5 Å². The minimum absolute atomic E-state index is 0.138. The maximum atomic E-state index is 14.1. The molecule has 3 aliphatic heterocycles. The molecule has 648 valence electrons. The number of aromatic nitrogens is 6. The number of ether oxygens (including phenoxy) is 6. The zero-order valence-electron chi connectivity index (χ0n) is 65.0. The molecule has 3 aromatic carbocycles. The smallest absolute Gasteiger partial charge is 0.380 e. The van der Waals surface area contributed by atoms with Crippen molar-refractivity contribution >= 4 is 40.7 Å². The van der Waals surface area contributed by atoms with Gasteiger partial charge in [-0.3, -0.25) is 71.0 Å². The minimum atomic E-state index is -4.24. The van der Waals surface area contributed by atoms with E-state index in [1.165, 1.54) is 77.9 Å². The Balaban J connectivity index is 0.000000242. The van der Waals surface area contributed by atoms with Gasteiger partial charge in [-0.05, 0) is 98.7 Å². The largest absolute Gasteiger partial charge is 0.463 e. The van der Waals surface area contributed by atoms with Gasteiger partial charge in [-0.2, -0.15) is 13.2 Å². The van der Waals surface area contributed by atoms with Gasteiger partial charge >= 0.3 is 57.8 Å².